The van der Waals surface area contributed by atoms with Gasteiger partial charge in [-0.2, -0.15) is 5.26 Å². The summed E-state index contributed by atoms with van der Waals surface area (Å²) < 4.78 is 5.59. The maximum absolute atomic E-state index is 12.1. The fourth-order valence-electron chi connectivity index (χ4n) is 2.53. The molecular formula is C18H22N2O2. The van der Waals surface area contributed by atoms with Crippen LogP contribution in [0.4, 0.5) is 0 Å². The molecule has 1 aliphatic carbocycles. The van der Waals surface area contributed by atoms with Crippen molar-refractivity contribution in [1.82, 2.24) is 5.32 Å². The monoisotopic (exact) mass is 298 g/mol. The lowest BCUT2D eigenvalue weighted by Crippen LogP contribution is -2.37. The molecule has 1 aromatic rings. The smallest absolute Gasteiger partial charge is 0.260 e. The van der Waals surface area contributed by atoms with E-state index in [0.29, 0.717) is 17.9 Å². The molecule has 0 radical (unpaired) electrons. The van der Waals surface area contributed by atoms with Gasteiger partial charge in [0.15, 0.2) is 6.10 Å². The van der Waals surface area contributed by atoms with Gasteiger partial charge in [-0.05, 0) is 51.2 Å². The molecule has 116 valence electrons. The van der Waals surface area contributed by atoms with Gasteiger partial charge >= 0.3 is 0 Å². The summed E-state index contributed by atoms with van der Waals surface area (Å²) in [5, 5.41) is 11.9. The Hall–Kier alpha value is -2.28. The highest BCUT2D eigenvalue weighted by Gasteiger charge is 2.16. The van der Waals surface area contributed by atoms with Crippen LogP contribution in [-0.2, 0) is 4.79 Å². The normalized spacial score (nSPS) is 15.4. The van der Waals surface area contributed by atoms with Crippen molar-refractivity contribution in [3.63, 3.8) is 0 Å². The Morgan fingerprint density at radius 2 is 2.23 bits per heavy atom. The van der Waals surface area contributed by atoms with Crippen LogP contribution in [0.5, 0.6) is 5.75 Å². The van der Waals surface area contributed by atoms with Crippen LogP contribution in [0.15, 0.2) is 35.9 Å². The first-order valence-corrected chi connectivity index (χ1v) is 7.82. The van der Waals surface area contributed by atoms with Crippen LogP contribution in [-0.4, -0.2) is 18.6 Å². The van der Waals surface area contributed by atoms with Crippen LogP contribution >= 0.6 is 0 Å². The lowest BCUT2D eigenvalue weighted by Gasteiger charge is -2.16. The zero-order valence-electron chi connectivity index (χ0n) is 13.0. The molecule has 4 nitrogen and oxygen atoms in total. The molecular weight excluding hydrogens is 276 g/mol. The molecule has 0 saturated heterocycles. The Bertz CT molecular complexity index is 587. The Morgan fingerprint density at radius 1 is 1.41 bits per heavy atom. The minimum atomic E-state index is -0.616. The average Bonchev–Trinajstić information content (AvgIpc) is 2.56. The number of ether oxygens (including phenoxy) is 1. The Kier molecular flexibility index (Phi) is 6.02. The number of carbonyl (C=O) groups excluding carboxylic acids is 1. The van der Waals surface area contributed by atoms with Crippen molar-refractivity contribution in [3.05, 3.63) is 41.5 Å². The number of nitrogens with one attached hydrogen (secondary N) is 1. The van der Waals surface area contributed by atoms with Gasteiger partial charge in [0.05, 0.1) is 5.56 Å². The Labute approximate surface area is 131 Å². The third kappa shape index (κ3) is 4.63. The van der Waals surface area contributed by atoms with Crippen molar-refractivity contribution in [1.29, 1.82) is 5.26 Å². The number of nitriles is 1. The number of para-hydroxylation sites is 1. The lowest BCUT2D eigenvalue weighted by molar-refractivity contribution is -0.127. The SMILES string of the molecule is C[C@@H](Oc1ccccc1C#N)C(=O)NCCC1=CCCCC1. The highest BCUT2D eigenvalue weighted by Crippen LogP contribution is 2.20. The van der Waals surface area contributed by atoms with Gasteiger partial charge in [-0.1, -0.05) is 23.8 Å². The first kappa shape index (κ1) is 16.1. The number of allylic oxidation sites excluding steroid dienone is 1. The number of hydrogen-bond donors (Lipinski definition) is 1. The molecule has 1 N–H and O–H groups in total. The number of rotatable bonds is 6. The van der Waals surface area contributed by atoms with Crippen LogP contribution in [0.2, 0.25) is 0 Å². The Balaban J connectivity index is 1.79. The third-order valence-electron chi connectivity index (χ3n) is 3.81. The van der Waals surface area contributed by atoms with Gasteiger partial charge in [0.1, 0.15) is 11.8 Å². The average molecular weight is 298 g/mol. The van der Waals surface area contributed by atoms with Crippen molar-refractivity contribution >= 4 is 5.91 Å². The van der Waals surface area contributed by atoms with Crippen molar-refractivity contribution in [2.75, 3.05) is 6.54 Å². The first-order chi connectivity index (χ1) is 10.7. The summed E-state index contributed by atoms with van der Waals surface area (Å²) in [6, 6.07) is 9.00. The van der Waals surface area contributed by atoms with E-state index in [4.69, 9.17) is 10.00 Å². The summed E-state index contributed by atoms with van der Waals surface area (Å²) in [5.41, 5.74) is 1.88. The number of nitrogens with zero attached hydrogens (tertiary/aromatic N) is 1. The highest BCUT2D eigenvalue weighted by atomic mass is 16.5. The van der Waals surface area contributed by atoms with Gasteiger partial charge in [-0.25, -0.2) is 0 Å². The summed E-state index contributed by atoms with van der Waals surface area (Å²) >= 11 is 0. The maximum Gasteiger partial charge on any atom is 0.260 e. The van der Waals surface area contributed by atoms with E-state index < -0.39 is 6.10 Å². The molecule has 0 fully saturated rings. The summed E-state index contributed by atoms with van der Waals surface area (Å²) in [7, 11) is 0. The van der Waals surface area contributed by atoms with Crippen LogP contribution in [0.3, 0.4) is 0 Å². The van der Waals surface area contributed by atoms with E-state index in [2.05, 4.69) is 17.5 Å². The molecule has 0 heterocycles. The zero-order valence-corrected chi connectivity index (χ0v) is 13.0. The second-order valence-electron chi connectivity index (χ2n) is 5.52. The number of benzene rings is 1. The minimum Gasteiger partial charge on any atom is -0.480 e. The summed E-state index contributed by atoms with van der Waals surface area (Å²) in [6.07, 6.45) is 7.43. The molecule has 1 atom stereocenters. The molecule has 0 unspecified atom stereocenters. The van der Waals surface area contributed by atoms with Gasteiger partial charge in [-0.15, -0.1) is 0 Å². The molecule has 1 amide bonds. The van der Waals surface area contributed by atoms with Gasteiger partial charge in [0, 0.05) is 6.54 Å². The minimum absolute atomic E-state index is 0.149. The summed E-state index contributed by atoms with van der Waals surface area (Å²) in [6.45, 7) is 2.33. The zero-order chi connectivity index (χ0) is 15.8. The molecule has 1 aromatic carbocycles. The van der Waals surface area contributed by atoms with E-state index >= 15 is 0 Å². The quantitative estimate of drug-likeness (QED) is 0.819. The fourth-order valence-corrected chi connectivity index (χ4v) is 2.53. The fraction of sp³-hybridized carbons (Fsp3) is 0.444. The third-order valence-corrected chi connectivity index (χ3v) is 3.81. The number of carbonyl (C=O) groups is 1. The molecule has 0 saturated carbocycles. The van der Waals surface area contributed by atoms with E-state index in [1.165, 1.54) is 18.4 Å². The molecule has 0 aliphatic heterocycles. The van der Waals surface area contributed by atoms with E-state index in [1.807, 2.05) is 0 Å². The Morgan fingerprint density at radius 3 is 2.95 bits per heavy atom. The van der Waals surface area contributed by atoms with Crippen molar-refractivity contribution in [3.8, 4) is 11.8 Å². The number of amides is 1. The molecule has 22 heavy (non-hydrogen) atoms. The molecule has 0 spiro atoms. The topological polar surface area (TPSA) is 62.1 Å². The molecule has 0 aromatic heterocycles. The number of hydrogen-bond acceptors (Lipinski definition) is 3. The van der Waals surface area contributed by atoms with E-state index in [-0.39, 0.29) is 5.91 Å². The summed E-state index contributed by atoms with van der Waals surface area (Å²) in [4.78, 5) is 12.1. The molecule has 2 rings (SSSR count). The van der Waals surface area contributed by atoms with Gasteiger partial charge < -0.3 is 10.1 Å². The van der Waals surface area contributed by atoms with Crippen molar-refractivity contribution in [2.24, 2.45) is 0 Å². The second-order valence-corrected chi connectivity index (χ2v) is 5.52. The standard InChI is InChI=1S/C18H22N2O2/c1-14(22-17-10-6-5-9-16(17)13-19)18(21)20-12-11-15-7-3-2-4-8-15/h5-7,9-10,14H,2-4,8,11-12H2,1H3,(H,20,21)/t14-/m1/s1. The van der Waals surface area contributed by atoms with Crippen LogP contribution in [0.25, 0.3) is 0 Å². The maximum atomic E-state index is 12.1. The molecule has 0 bridgehead atoms. The molecule has 4 heteroatoms. The van der Waals surface area contributed by atoms with Crippen LogP contribution < -0.4 is 10.1 Å². The van der Waals surface area contributed by atoms with Gasteiger partial charge in [-0.3, -0.25) is 4.79 Å². The second kappa shape index (κ2) is 8.23. The summed E-state index contributed by atoms with van der Waals surface area (Å²) in [5.74, 6) is 0.298. The largest absolute Gasteiger partial charge is 0.480 e. The van der Waals surface area contributed by atoms with E-state index in [9.17, 15) is 4.79 Å². The van der Waals surface area contributed by atoms with Crippen molar-refractivity contribution < 1.29 is 9.53 Å². The van der Waals surface area contributed by atoms with Crippen molar-refractivity contribution in [2.45, 2.75) is 45.1 Å². The predicted molar refractivity (Wildman–Crippen MR) is 85.4 cm³/mol. The lowest BCUT2D eigenvalue weighted by atomic mass is 9.97. The molecule has 1 aliphatic rings. The highest BCUT2D eigenvalue weighted by molar-refractivity contribution is 5.80. The van der Waals surface area contributed by atoms with E-state index in [0.717, 1.165) is 19.3 Å². The van der Waals surface area contributed by atoms with Gasteiger partial charge in [0.2, 0.25) is 0 Å². The van der Waals surface area contributed by atoms with Crippen LogP contribution in [0.1, 0.15) is 44.6 Å². The van der Waals surface area contributed by atoms with Crippen LogP contribution in [0, 0.1) is 11.3 Å². The predicted octanol–water partition coefficient (Wildman–Crippen LogP) is 3.33. The van der Waals surface area contributed by atoms with Gasteiger partial charge in [0.25, 0.3) is 5.91 Å². The first-order valence-electron chi connectivity index (χ1n) is 7.82. The van der Waals surface area contributed by atoms with E-state index in [1.54, 1.807) is 31.2 Å².